The topological polar surface area (TPSA) is 58.2 Å². The Morgan fingerprint density at radius 1 is 1.28 bits per heavy atom. The lowest BCUT2D eigenvalue weighted by Crippen LogP contribution is -2.34. The molecule has 0 aliphatic carbocycles. The van der Waals surface area contributed by atoms with E-state index in [1.54, 1.807) is 19.4 Å². The molecule has 1 aliphatic rings. The van der Waals surface area contributed by atoms with Crippen molar-refractivity contribution in [2.24, 2.45) is 0 Å². The molecule has 0 fully saturated rings. The number of H-pyrrole nitrogens is 1. The number of carbonyl (C=O) groups excluding carboxylic acids is 1. The van der Waals surface area contributed by atoms with E-state index in [2.05, 4.69) is 22.1 Å². The maximum absolute atomic E-state index is 12.7. The van der Waals surface area contributed by atoms with Gasteiger partial charge in [-0.2, -0.15) is 0 Å². The standard InChI is InChI=1S/C20H19N3O2/c1-25-16-5-2-4-15(12-16)20(24)23-10-7-14(8-11-23)18-13-22-19-17(18)6-3-9-21-19/h2-7,9,12-13H,8,10-11H2,1H3,(H,21,22). The summed E-state index contributed by atoms with van der Waals surface area (Å²) in [7, 11) is 1.61. The quantitative estimate of drug-likeness (QED) is 0.798. The van der Waals surface area contributed by atoms with Gasteiger partial charge in [0.2, 0.25) is 0 Å². The summed E-state index contributed by atoms with van der Waals surface area (Å²) in [6, 6.07) is 11.3. The van der Waals surface area contributed by atoms with E-state index >= 15 is 0 Å². The summed E-state index contributed by atoms with van der Waals surface area (Å²) in [4.78, 5) is 22.1. The van der Waals surface area contributed by atoms with Crippen molar-refractivity contribution in [2.45, 2.75) is 6.42 Å². The maximum Gasteiger partial charge on any atom is 0.254 e. The number of methoxy groups -OCH3 is 1. The van der Waals surface area contributed by atoms with Crippen molar-refractivity contribution in [1.29, 1.82) is 0 Å². The fourth-order valence-electron chi connectivity index (χ4n) is 3.26. The number of ether oxygens (including phenoxy) is 1. The Morgan fingerprint density at radius 3 is 3.00 bits per heavy atom. The van der Waals surface area contributed by atoms with Gasteiger partial charge in [-0.15, -0.1) is 0 Å². The van der Waals surface area contributed by atoms with Crippen LogP contribution in [0.25, 0.3) is 16.6 Å². The van der Waals surface area contributed by atoms with Crippen molar-refractivity contribution >= 4 is 22.5 Å². The fourth-order valence-corrected chi connectivity index (χ4v) is 3.26. The molecule has 0 atom stereocenters. The van der Waals surface area contributed by atoms with Gasteiger partial charge < -0.3 is 14.6 Å². The number of pyridine rings is 1. The van der Waals surface area contributed by atoms with E-state index in [0.29, 0.717) is 24.4 Å². The van der Waals surface area contributed by atoms with Crippen LogP contribution in [0.2, 0.25) is 0 Å². The van der Waals surface area contributed by atoms with Crippen molar-refractivity contribution in [2.75, 3.05) is 20.2 Å². The van der Waals surface area contributed by atoms with E-state index in [4.69, 9.17) is 4.74 Å². The number of benzene rings is 1. The molecule has 126 valence electrons. The van der Waals surface area contributed by atoms with E-state index < -0.39 is 0 Å². The number of carbonyl (C=O) groups is 1. The zero-order chi connectivity index (χ0) is 17.2. The normalized spacial score (nSPS) is 14.4. The summed E-state index contributed by atoms with van der Waals surface area (Å²) in [5.74, 6) is 0.736. The van der Waals surface area contributed by atoms with Crippen LogP contribution in [0.1, 0.15) is 22.3 Å². The first-order valence-corrected chi connectivity index (χ1v) is 8.31. The third kappa shape index (κ3) is 2.89. The van der Waals surface area contributed by atoms with Crippen LogP contribution < -0.4 is 4.74 Å². The van der Waals surface area contributed by atoms with Crippen molar-refractivity contribution < 1.29 is 9.53 Å². The minimum Gasteiger partial charge on any atom is -0.497 e. The van der Waals surface area contributed by atoms with Crippen LogP contribution in [0.3, 0.4) is 0 Å². The summed E-state index contributed by atoms with van der Waals surface area (Å²) >= 11 is 0. The van der Waals surface area contributed by atoms with E-state index in [9.17, 15) is 4.79 Å². The van der Waals surface area contributed by atoms with E-state index in [-0.39, 0.29) is 5.91 Å². The molecule has 5 heteroatoms. The van der Waals surface area contributed by atoms with Crippen molar-refractivity contribution in [3.63, 3.8) is 0 Å². The molecule has 0 radical (unpaired) electrons. The Bertz CT molecular complexity index is 958. The first-order chi connectivity index (χ1) is 12.3. The Kier molecular flexibility index (Phi) is 3.98. The molecule has 4 rings (SSSR count). The first-order valence-electron chi connectivity index (χ1n) is 8.31. The van der Waals surface area contributed by atoms with Crippen LogP contribution in [0.15, 0.2) is 54.9 Å². The van der Waals surface area contributed by atoms with Crippen LogP contribution in [-0.2, 0) is 0 Å². The van der Waals surface area contributed by atoms with Gasteiger partial charge in [0.25, 0.3) is 5.91 Å². The highest BCUT2D eigenvalue weighted by Crippen LogP contribution is 2.28. The number of fused-ring (bicyclic) bond motifs is 1. The summed E-state index contributed by atoms with van der Waals surface area (Å²) < 4.78 is 5.21. The lowest BCUT2D eigenvalue weighted by molar-refractivity contribution is 0.0772. The van der Waals surface area contributed by atoms with Crippen LogP contribution in [0, 0.1) is 0 Å². The number of nitrogens with zero attached hydrogens (tertiary/aromatic N) is 2. The second-order valence-electron chi connectivity index (χ2n) is 6.06. The molecule has 1 aromatic carbocycles. The Morgan fingerprint density at radius 2 is 2.20 bits per heavy atom. The van der Waals surface area contributed by atoms with Gasteiger partial charge in [0, 0.05) is 42.0 Å². The van der Waals surface area contributed by atoms with Crippen molar-refractivity contribution in [3.8, 4) is 5.75 Å². The van der Waals surface area contributed by atoms with Gasteiger partial charge in [-0.05, 0) is 42.3 Å². The number of hydrogen-bond acceptors (Lipinski definition) is 3. The van der Waals surface area contributed by atoms with Gasteiger partial charge in [-0.3, -0.25) is 4.79 Å². The average Bonchev–Trinajstić information content (AvgIpc) is 3.12. The van der Waals surface area contributed by atoms with Gasteiger partial charge in [0.1, 0.15) is 11.4 Å². The number of aromatic nitrogens is 2. The number of hydrogen-bond donors (Lipinski definition) is 1. The van der Waals surface area contributed by atoms with E-state index in [0.717, 1.165) is 17.5 Å². The number of aromatic amines is 1. The molecule has 0 unspecified atom stereocenters. The zero-order valence-corrected chi connectivity index (χ0v) is 14.0. The third-order valence-electron chi connectivity index (χ3n) is 4.61. The number of amides is 1. The molecule has 0 spiro atoms. The Labute approximate surface area is 145 Å². The van der Waals surface area contributed by atoms with Crippen LogP contribution in [-0.4, -0.2) is 41.0 Å². The maximum atomic E-state index is 12.7. The third-order valence-corrected chi connectivity index (χ3v) is 4.61. The second kappa shape index (κ2) is 6.43. The Balaban J connectivity index is 1.54. The molecule has 3 aromatic rings. The SMILES string of the molecule is COc1cccc(C(=O)N2CC=C(c3c[nH]c4ncccc34)CC2)c1. The molecule has 1 amide bonds. The lowest BCUT2D eigenvalue weighted by atomic mass is 9.99. The molecular formula is C20H19N3O2. The van der Waals surface area contributed by atoms with Gasteiger partial charge in [0.05, 0.1) is 7.11 Å². The van der Waals surface area contributed by atoms with Crippen molar-refractivity contribution in [1.82, 2.24) is 14.9 Å². The lowest BCUT2D eigenvalue weighted by Gasteiger charge is -2.26. The van der Waals surface area contributed by atoms with E-state index in [1.165, 1.54) is 11.1 Å². The molecular weight excluding hydrogens is 314 g/mol. The molecule has 0 saturated carbocycles. The highest BCUT2D eigenvalue weighted by molar-refractivity contribution is 5.96. The van der Waals surface area contributed by atoms with Gasteiger partial charge in [0.15, 0.2) is 0 Å². The predicted molar refractivity (Wildman–Crippen MR) is 97.6 cm³/mol. The van der Waals surface area contributed by atoms with Crippen molar-refractivity contribution in [3.05, 3.63) is 66.0 Å². The monoisotopic (exact) mass is 333 g/mol. The van der Waals surface area contributed by atoms with E-state index in [1.807, 2.05) is 35.4 Å². The fraction of sp³-hybridized carbons (Fsp3) is 0.200. The highest BCUT2D eigenvalue weighted by atomic mass is 16.5. The molecule has 0 saturated heterocycles. The molecule has 5 nitrogen and oxygen atoms in total. The zero-order valence-electron chi connectivity index (χ0n) is 14.0. The summed E-state index contributed by atoms with van der Waals surface area (Å²) in [6.07, 6.45) is 6.75. The molecule has 2 aromatic heterocycles. The minimum atomic E-state index is 0.0368. The summed E-state index contributed by atoms with van der Waals surface area (Å²) in [6.45, 7) is 1.31. The summed E-state index contributed by atoms with van der Waals surface area (Å²) in [5.41, 5.74) is 3.99. The highest BCUT2D eigenvalue weighted by Gasteiger charge is 2.20. The second-order valence-corrected chi connectivity index (χ2v) is 6.06. The predicted octanol–water partition coefficient (Wildman–Crippen LogP) is 3.50. The van der Waals surface area contributed by atoms with Gasteiger partial charge >= 0.3 is 0 Å². The van der Waals surface area contributed by atoms with Gasteiger partial charge in [-0.1, -0.05) is 12.1 Å². The van der Waals surface area contributed by atoms with Gasteiger partial charge in [-0.25, -0.2) is 4.98 Å². The molecule has 1 aliphatic heterocycles. The van der Waals surface area contributed by atoms with Crippen LogP contribution in [0.5, 0.6) is 5.75 Å². The molecule has 0 bridgehead atoms. The molecule has 3 heterocycles. The minimum absolute atomic E-state index is 0.0368. The largest absolute Gasteiger partial charge is 0.497 e. The Hall–Kier alpha value is -3.08. The first kappa shape index (κ1) is 15.4. The smallest absolute Gasteiger partial charge is 0.254 e. The average molecular weight is 333 g/mol. The number of rotatable bonds is 3. The summed E-state index contributed by atoms with van der Waals surface area (Å²) in [5, 5.41) is 1.13. The van der Waals surface area contributed by atoms with Crippen LogP contribution >= 0.6 is 0 Å². The van der Waals surface area contributed by atoms with Crippen LogP contribution in [0.4, 0.5) is 0 Å². The number of nitrogens with one attached hydrogen (secondary N) is 1. The molecule has 25 heavy (non-hydrogen) atoms. The molecule has 1 N–H and O–H groups in total.